The molecule has 3 aromatic rings. The van der Waals surface area contributed by atoms with Crippen molar-refractivity contribution in [2.75, 3.05) is 12.4 Å². The molecule has 9 heteroatoms. The molecule has 3 rings (SSSR count). The molecule has 0 amide bonds. The van der Waals surface area contributed by atoms with Crippen LogP contribution in [0.1, 0.15) is 16.2 Å². The lowest BCUT2D eigenvalue weighted by atomic mass is 10.0. The fourth-order valence-electron chi connectivity index (χ4n) is 2.34. The second-order valence-corrected chi connectivity index (χ2v) is 5.32. The third kappa shape index (κ3) is 3.96. The summed E-state index contributed by atoms with van der Waals surface area (Å²) in [6.07, 6.45) is 1.45. The number of carbonyl (C=O) groups excluding carboxylic acids is 1. The number of allylic oxidation sites excluding steroid dienone is 1. The van der Waals surface area contributed by atoms with Gasteiger partial charge in [-0.15, -0.1) is 10.2 Å². The van der Waals surface area contributed by atoms with Gasteiger partial charge < -0.3 is 10.1 Å². The van der Waals surface area contributed by atoms with E-state index in [1.807, 2.05) is 12.1 Å². The van der Waals surface area contributed by atoms with Gasteiger partial charge in [-0.05, 0) is 40.6 Å². The minimum absolute atomic E-state index is 0.142. The van der Waals surface area contributed by atoms with Gasteiger partial charge in [0, 0.05) is 11.9 Å². The number of esters is 1. The molecule has 2 aromatic carbocycles. The number of methoxy groups -OCH3 is 1. The predicted molar refractivity (Wildman–Crippen MR) is 94.6 cm³/mol. The van der Waals surface area contributed by atoms with Crippen LogP contribution >= 0.6 is 0 Å². The van der Waals surface area contributed by atoms with Gasteiger partial charge in [0.05, 0.1) is 12.7 Å². The van der Waals surface area contributed by atoms with Crippen molar-refractivity contribution in [1.29, 1.82) is 5.26 Å². The molecule has 134 valence electrons. The van der Waals surface area contributed by atoms with Crippen LogP contribution < -0.4 is 5.32 Å². The average Bonchev–Trinajstić information content (AvgIpc) is 3.23. The molecule has 0 fully saturated rings. The zero-order valence-electron chi connectivity index (χ0n) is 14.1. The predicted octanol–water partition coefficient (Wildman–Crippen LogP) is 2.77. The van der Waals surface area contributed by atoms with Crippen molar-refractivity contribution in [2.24, 2.45) is 0 Å². The second kappa shape index (κ2) is 7.88. The van der Waals surface area contributed by atoms with E-state index in [4.69, 9.17) is 0 Å². The van der Waals surface area contributed by atoms with Crippen molar-refractivity contribution in [1.82, 2.24) is 20.6 Å². The Morgan fingerprint density at radius 2 is 2.11 bits per heavy atom. The van der Waals surface area contributed by atoms with Crippen molar-refractivity contribution in [3.8, 4) is 17.2 Å². The van der Waals surface area contributed by atoms with E-state index >= 15 is 0 Å². The molecule has 0 saturated heterocycles. The number of anilines is 1. The van der Waals surface area contributed by atoms with Crippen LogP contribution in [0.3, 0.4) is 0 Å². The molecule has 0 spiro atoms. The molecule has 0 atom stereocenters. The number of hydrogen-bond donors (Lipinski definition) is 2. The van der Waals surface area contributed by atoms with Gasteiger partial charge in [0.25, 0.3) is 0 Å². The summed E-state index contributed by atoms with van der Waals surface area (Å²) in [5.41, 5.74) is 2.12. The standard InChI is InChI=1S/C18H13FN6O2/c1-27-18(26)15-8-12(5-6-16(15)19)11-3-2-4-14(7-11)21-10-13(9-20)17-22-24-25-23-17/h2-8,10,21H,1H3,(H,22,23,24,25). The molecule has 0 saturated carbocycles. The third-order valence-corrected chi connectivity index (χ3v) is 3.66. The minimum atomic E-state index is -0.745. The topological polar surface area (TPSA) is 117 Å². The Bertz CT molecular complexity index is 1040. The van der Waals surface area contributed by atoms with Crippen LogP contribution in [-0.4, -0.2) is 33.7 Å². The number of H-pyrrole nitrogens is 1. The lowest BCUT2D eigenvalue weighted by Crippen LogP contribution is -2.04. The number of tetrazole rings is 1. The van der Waals surface area contributed by atoms with Crippen molar-refractivity contribution in [3.63, 3.8) is 0 Å². The number of carbonyl (C=O) groups is 1. The summed E-state index contributed by atoms with van der Waals surface area (Å²) in [4.78, 5) is 11.7. The van der Waals surface area contributed by atoms with E-state index in [0.29, 0.717) is 11.3 Å². The summed E-state index contributed by atoms with van der Waals surface area (Å²) in [6.45, 7) is 0. The summed E-state index contributed by atoms with van der Waals surface area (Å²) in [7, 11) is 1.20. The quantitative estimate of drug-likeness (QED) is 0.528. The first-order valence-corrected chi connectivity index (χ1v) is 7.71. The minimum Gasteiger partial charge on any atom is -0.465 e. The maximum absolute atomic E-state index is 13.8. The smallest absolute Gasteiger partial charge is 0.340 e. The van der Waals surface area contributed by atoms with Crippen LogP contribution in [0.5, 0.6) is 0 Å². The number of benzene rings is 2. The number of rotatable bonds is 5. The first-order valence-electron chi connectivity index (χ1n) is 7.71. The molecule has 0 unspecified atom stereocenters. The summed E-state index contributed by atoms with van der Waals surface area (Å²) < 4.78 is 18.4. The van der Waals surface area contributed by atoms with Crippen molar-refractivity contribution >= 4 is 17.2 Å². The van der Waals surface area contributed by atoms with Gasteiger partial charge in [-0.3, -0.25) is 0 Å². The Kier molecular flexibility index (Phi) is 5.18. The number of aromatic nitrogens is 4. The van der Waals surface area contributed by atoms with Gasteiger partial charge in [0.15, 0.2) is 0 Å². The SMILES string of the molecule is COC(=O)c1cc(-c2cccc(NC=C(C#N)c3nn[nH]n3)c2)ccc1F. The van der Waals surface area contributed by atoms with Crippen LogP contribution in [0.25, 0.3) is 16.7 Å². The number of halogens is 1. The van der Waals surface area contributed by atoms with E-state index in [-0.39, 0.29) is 17.0 Å². The maximum Gasteiger partial charge on any atom is 0.340 e. The van der Waals surface area contributed by atoms with E-state index in [0.717, 1.165) is 5.56 Å². The molecule has 2 N–H and O–H groups in total. The number of hydrogen-bond acceptors (Lipinski definition) is 7. The lowest BCUT2D eigenvalue weighted by Gasteiger charge is -2.08. The van der Waals surface area contributed by atoms with Crippen molar-refractivity contribution < 1.29 is 13.9 Å². The van der Waals surface area contributed by atoms with E-state index < -0.39 is 11.8 Å². The normalized spacial score (nSPS) is 10.9. The molecule has 0 radical (unpaired) electrons. The Morgan fingerprint density at radius 1 is 1.30 bits per heavy atom. The molecular weight excluding hydrogens is 351 g/mol. The van der Waals surface area contributed by atoms with E-state index in [1.165, 1.54) is 25.4 Å². The zero-order valence-corrected chi connectivity index (χ0v) is 14.1. The highest BCUT2D eigenvalue weighted by atomic mass is 19.1. The van der Waals surface area contributed by atoms with E-state index in [9.17, 15) is 14.4 Å². The summed E-state index contributed by atoms with van der Waals surface area (Å²) in [5, 5.41) is 25.4. The number of ether oxygens (including phenoxy) is 1. The largest absolute Gasteiger partial charge is 0.465 e. The molecule has 0 aliphatic carbocycles. The van der Waals surface area contributed by atoms with Crippen LogP contribution in [0.2, 0.25) is 0 Å². The van der Waals surface area contributed by atoms with Crippen LogP contribution in [-0.2, 0) is 4.74 Å². The number of nitriles is 1. The van der Waals surface area contributed by atoms with Gasteiger partial charge in [-0.1, -0.05) is 18.2 Å². The van der Waals surface area contributed by atoms with Gasteiger partial charge >= 0.3 is 5.97 Å². The molecular formula is C18H13FN6O2. The van der Waals surface area contributed by atoms with Crippen molar-refractivity contribution in [3.05, 3.63) is 65.9 Å². The number of nitrogens with zero attached hydrogens (tertiary/aromatic N) is 4. The number of aromatic amines is 1. The van der Waals surface area contributed by atoms with Gasteiger partial charge in [-0.2, -0.15) is 10.5 Å². The van der Waals surface area contributed by atoms with E-state index in [1.54, 1.807) is 24.3 Å². The molecule has 1 aromatic heterocycles. The average molecular weight is 364 g/mol. The Labute approximate surface area is 153 Å². The summed E-state index contributed by atoms with van der Waals surface area (Å²) >= 11 is 0. The Hall–Kier alpha value is -4.06. The maximum atomic E-state index is 13.8. The molecule has 0 aliphatic rings. The highest BCUT2D eigenvalue weighted by Gasteiger charge is 2.13. The van der Waals surface area contributed by atoms with Gasteiger partial charge in [0.2, 0.25) is 5.82 Å². The molecule has 8 nitrogen and oxygen atoms in total. The van der Waals surface area contributed by atoms with E-state index in [2.05, 4.69) is 30.7 Å². The second-order valence-electron chi connectivity index (χ2n) is 5.32. The summed E-state index contributed by atoms with van der Waals surface area (Å²) in [5.74, 6) is -1.23. The lowest BCUT2D eigenvalue weighted by molar-refractivity contribution is 0.0595. The molecule has 0 aliphatic heterocycles. The fourth-order valence-corrected chi connectivity index (χ4v) is 2.34. The highest BCUT2D eigenvalue weighted by Crippen LogP contribution is 2.25. The van der Waals surface area contributed by atoms with Crippen molar-refractivity contribution in [2.45, 2.75) is 0 Å². The molecule has 27 heavy (non-hydrogen) atoms. The Morgan fingerprint density at radius 3 is 2.81 bits per heavy atom. The van der Waals surface area contributed by atoms with Gasteiger partial charge in [0.1, 0.15) is 17.5 Å². The van der Waals surface area contributed by atoms with Crippen LogP contribution in [0, 0.1) is 17.1 Å². The first kappa shape index (κ1) is 17.8. The molecule has 0 bridgehead atoms. The first-order chi connectivity index (χ1) is 13.1. The third-order valence-electron chi connectivity index (χ3n) is 3.66. The Balaban J connectivity index is 1.88. The fraction of sp³-hybridized carbons (Fsp3) is 0.0556. The zero-order chi connectivity index (χ0) is 19.2. The monoisotopic (exact) mass is 364 g/mol. The van der Waals surface area contributed by atoms with Gasteiger partial charge in [-0.25, -0.2) is 9.18 Å². The highest BCUT2D eigenvalue weighted by molar-refractivity contribution is 5.91. The van der Waals surface area contributed by atoms with Crippen LogP contribution in [0.4, 0.5) is 10.1 Å². The number of nitrogens with one attached hydrogen (secondary N) is 2. The van der Waals surface area contributed by atoms with Crippen LogP contribution in [0.15, 0.2) is 48.7 Å². The molecule has 1 heterocycles. The summed E-state index contributed by atoms with van der Waals surface area (Å²) in [6, 6.07) is 13.4.